The number of carboxylic acids is 1. The van der Waals surface area contributed by atoms with Gasteiger partial charge in [-0.3, -0.25) is 9.79 Å². The summed E-state index contributed by atoms with van der Waals surface area (Å²) in [5, 5.41) is 9.96. The van der Waals surface area contributed by atoms with E-state index in [4.69, 9.17) is 11.6 Å². The standard InChI is InChI=1S/C17H12ClNO2/c18-12-6-7-13-14(17(20)21)8-9-19-16(15(13)10-12)11-4-2-1-3-5-11/h1-10,14H,(H,20,21). The number of fused-ring (bicyclic) bond motifs is 1. The third-order valence-electron chi connectivity index (χ3n) is 3.40. The van der Waals surface area contributed by atoms with Crippen LogP contribution < -0.4 is 0 Å². The van der Waals surface area contributed by atoms with Gasteiger partial charge >= 0.3 is 5.97 Å². The van der Waals surface area contributed by atoms with Gasteiger partial charge in [0.2, 0.25) is 0 Å². The summed E-state index contributed by atoms with van der Waals surface area (Å²) in [7, 11) is 0. The third-order valence-corrected chi connectivity index (χ3v) is 3.64. The molecule has 1 atom stereocenters. The van der Waals surface area contributed by atoms with Crippen molar-refractivity contribution in [3.05, 3.63) is 82.5 Å². The van der Waals surface area contributed by atoms with Gasteiger partial charge in [0.25, 0.3) is 0 Å². The van der Waals surface area contributed by atoms with E-state index < -0.39 is 11.9 Å². The molecule has 1 unspecified atom stereocenters. The number of nitrogens with zero attached hydrogens (tertiary/aromatic N) is 1. The molecule has 0 aromatic heterocycles. The summed E-state index contributed by atoms with van der Waals surface area (Å²) in [6.07, 6.45) is 3.14. The Morgan fingerprint density at radius 3 is 2.62 bits per heavy atom. The molecule has 0 fully saturated rings. The second-order valence-corrected chi connectivity index (χ2v) is 5.17. The van der Waals surface area contributed by atoms with E-state index >= 15 is 0 Å². The monoisotopic (exact) mass is 297 g/mol. The first-order valence-electron chi connectivity index (χ1n) is 6.49. The number of halogens is 1. The minimum Gasteiger partial charge on any atom is -0.481 e. The van der Waals surface area contributed by atoms with Gasteiger partial charge in [-0.15, -0.1) is 0 Å². The molecule has 4 heteroatoms. The molecule has 1 aliphatic heterocycles. The lowest BCUT2D eigenvalue weighted by atomic mass is 9.90. The van der Waals surface area contributed by atoms with Crippen LogP contribution >= 0.6 is 11.6 Å². The highest BCUT2D eigenvalue weighted by molar-refractivity contribution is 6.31. The van der Waals surface area contributed by atoms with Gasteiger partial charge in [0.15, 0.2) is 0 Å². The second-order valence-electron chi connectivity index (χ2n) is 4.73. The normalized spacial score (nSPS) is 16.8. The van der Waals surface area contributed by atoms with E-state index in [0.717, 1.165) is 16.8 Å². The molecule has 0 radical (unpaired) electrons. The lowest BCUT2D eigenvalue weighted by Gasteiger charge is -2.14. The van der Waals surface area contributed by atoms with Crippen LogP contribution in [-0.4, -0.2) is 16.8 Å². The Hall–Kier alpha value is -2.39. The molecule has 2 aromatic rings. The first kappa shape index (κ1) is 13.6. The highest BCUT2D eigenvalue weighted by Crippen LogP contribution is 2.29. The molecule has 0 saturated carbocycles. The number of hydrogen-bond acceptors (Lipinski definition) is 2. The number of aliphatic imine (C=N–C) groups is 1. The fourth-order valence-corrected chi connectivity index (χ4v) is 2.60. The third kappa shape index (κ3) is 2.60. The number of benzene rings is 2. The molecule has 21 heavy (non-hydrogen) atoms. The highest BCUT2D eigenvalue weighted by atomic mass is 35.5. The van der Waals surface area contributed by atoms with Crippen molar-refractivity contribution in [1.82, 2.24) is 0 Å². The summed E-state index contributed by atoms with van der Waals surface area (Å²) >= 11 is 6.09. The van der Waals surface area contributed by atoms with Gasteiger partial charge in [0.1, 0.15) is 5.92 Å². The van der Waals surface area contributed by atoms with Crippen molar-refractivity contribution in [2.75, 3.05) is 0 Å². The van der Waals surface area contributed by atoms with Crippen LogP contribution in [0, 0.1) is 0 Å². The first-order chi connectivity index (χ1) is 10.2. The van der Waals surface area contributed by atoms with Gasteiger partial charge in [-0.25, -0.2) is 0 Å². The van der Waals surface area contributed by atoms with Crippen LogP contribution in [0.2, 0.25) is 5.02 Å². The summed E-state index contributed by atoms with van der Waals surface area (Å²) in [6.45, 7) is 0. The predicted octanol–water partition coefficient (Wildman–Crippen LogP) is 3.87. The van der Waals surface area contributed by atoms with Crippen molar-refractivity contribution in [3.63, 3.8) is 0 Å². The largest absolute Gasteiger partial charge is 0.481 e. The zero-order valence-corrected chi connectivity index (χ0v) is 11.8. The minimum absolute atomic E-state index is 0.559. The average molecular weight is 298 g/mol. The molecule has 1 N–H and O–H groups in total. The Morgan fingerprint density at radius 2 is 1.90 bits per heavy atom. The Kier molecular flexibility index (Phi) is 3.59. The maximum absolute atomic E-state index is 11.5. The molecular weight excluding hydrogens is 286 g/mol. The Balaban J connectivity index is 2.22. The summed E-state index contributed by atoms with van der Waals surface area (Å²) in [4.78, 5) is 15.9. The van der Waals surface area contributed by atoms with E-state index in [9.17, 15) is 9.90 Å². The van der Waals surface area contributed by atoms with Crippen molar-refractivity contribution >= 4 is 23.3 Å². The van der Waals surface area contributed by atoms with Crippen LogP contribution in [0.25, 0.3) is 0 Å². The van der Waals surface area contributed by atoms with Gasteiger partial charge < -0.3 is 5.11 Å². The lowest BCUT2D eigenvalue weighted by molar-refractivity contribution is -0.137. The van der Waals surface area contributed by atoms with Crippen molar-refractivity contribution in [2.45, 2.75) is 5.92 Å². The van der Waals surface area contributed by atoms with Crippen LogP contribution in [0.3, 0.4) is 0 Å². The summed E-state index contributed by atoms with van der Waals surface area (Å²) in [5.41, 5.74) is 3.11. The number of carbonyl (C=O) groups is 1. The Labute approximate surface area is 127 Å². The zero-order chi connectivity index (χ0) is 14.8. The maximum Gasteiger partial charge on any atom is 0.314 e. The molecule has 0 aliphatic carbocycles. The van der Waals surface area contributed by atoms with Crippen molar-refractivity contribution in [2.24, 2.45) is 4.99 Å². The Bertz CT molecular complexity index is 751. The molecule has 0 spiro atoms. The minimum atomic E-state index is -0.903. The number of carboxylic acid groups (broad SMARTS) is 1. The van der Waals surface area contributed by atoms with E-state index in [-0.39, 0.29) is 0 Å². The van der Waals surface area contributed by atoms with Gasteiger partial charge in [-0.2, -0.15) is 0 Å². The van der Waals surface area contributed by atoms with Gasteiger partial charge in [0, 0.05) is 22.3 Å². The fraction of sp³-hybridized carbons (Fsp3) is 0.0588. The van der Waals surface area contributed by atoms with Crippen molar-refractivity contribution < 1.29 is 9.90 Å². The van der Waals surface area contributed by atoms with Crippen molar-refractivity contribution in [3.8, 4) is 0 Å². The highest BCUT2D eigenvalue weighted by Gasteiger charge is 2.24. The van der Waals surface area contributed by atoms with Crippen LogP contribution in [0.5, 0.6) is 0 Å². The summed E-state index contributed by atoms with van der Waals surface area (Å²) in [5.74, 6) is -1.62. The van der Waals surface area contributed by atoms with Crippen LogP contribution in [0.15, 0.2) is 65.8 Å². The number of aliphatic carboxylic acids is 1. The second kappa shape index (κ2) is 5.54. The smallest absolute Gasteiger partial charge is 0.314 e. The topological polar surface area (TPSA) is 49.7 Å². The van der Waals surface area contributed by atoms with E-state index in [0.29, 0.717) is 10.6 Å². The molecule has 0 saturated heterocycles. The SMILES string of the molecule is O=C(O)C1C=CN=C(c2ccccc2)c2cc(Cl)ccc21. The van der Waals surface area contributed by atoms with E-state index in [1.54, 1.807) is 30.5 Å². The molecule has 3 nitrogen and oxygen atoms in total. The quantitative estimate of drug-likeness (QED) is 0.914. The van der Waals surface area contributed by atoms with Gasteiger partial charge in [-0.1, -0.05) is 48.0 Å². The van der Waals surface area contributed by atoms with Crippen LogP contribution in [0.1, 0.15) is 22.6 Å². The number of rotatable bonds is 2. The molecule has 2 aromatic carbocycles. The van der Waals surface area contributed by atoms with E-state index in [1.165, 1.54) is 0 Å². The van der Waals surface area contributed by atoms with Gasteiger partial charge in [0.05, 0.1) is 5.71 Å². The molecule has 0 bridgehead atoms. The van der Waals surface area contributed by atoms with Crippen LogP contribution in [0.4, 0.5) is 0 Å². The average Bonchev–Trinajstić information content (AvgIpc) is 2.67. The Morgan fingerprint density at radius 1 is 1.14 bits per heavy atom. The molecular formula is C17H12ClNO2. The molecule has 1 aliphatic rings. The fourth-order valence-electron chi connectivity index (χ4n) is 2.42. The zero-order valence-electron chi connectivity index (χ0n) is 11.0. The predicted molar refractivity (Wildman–Crippen MR) is 83.0 cm³/mol. The van der Waals surface area contributed by atoms with Crippen molar-refractivity contribution in [1.29, 1.82) is 0 Å². The van der Waals surface area contributed by atoms with Gasteiger partial charge in [-0.05, 0) is 23.8 Å². The van der Waals surface area contributed by atoms with Crippen LogP contribution in [-0.2, 0) is 4.79 Å². The van der Waals surface area contributed by atoms with E-state index in [1.807, 2.05) is 30.3 Å². The lowest BCUT2D eigenvalue weighted by Crippen LogP contribution is -2.13. The molecule has 104 valence electrons. The maximum atomic E-state index is 11.5. The molecule has 1 heterocycles. The number of hydrogen-bond donors (Lipinski definition) is 1. The summed E-state index contributed by atoms with van der Waals surface area (Å²) < 4.78 is 0. The molecule has 3 rings (SSSR count). The summed E-state index contributed by atoms with van der Waals surface area (Å²) in [6, 6.07) is 14.9. The first-order valence-corrected chi connectivity index (χ1v) is 6.87. The molecule has 0 amide bonds. The van der Waals surface area contributed by atoms with E-state index in [2.05, 4.69) is 4.99 Å².